The topological polar surface area (TPSA) is 68.3 Å². The van der Waals surface area contributed by atoms with E-state index in [4.69, 9.17) is 9.52 Å². The number of oxazole rings is 1. The third-order valence-electron chi connectivity index (χ3n) is 2.68. The highest BCUT2D eigenvalue weighted by Crippen LogP contribution is 2.10. The van der Waals surface area contributed by atoms with Crippen molar-refractivity contribution in [1.29, 1.82) is 0 Å². The van der Waals surface area contributed by atoms with Crippen LogP contribution < -0.4 is 5.76 Å². The summed E-state index contributed by atoms with van der Waals surface area (Å²) < 4.78 is 6.61. The first-order chi connectivity index (χ1) is 8.18. The zero-order chi connectivity index (χ0) is 12.3. The maximum absolute atomic E-state index is 11.6. The molecule has 2 aromatic rings. The molecule has 5 nitrogen and oxygen atoms in total. The molecule has 0 aliphatic carbocycles. The van der Waals surface area contributed by atoms with Crippen molar-refractivity contribution in [3.8, 4) is 0 Å². The molecule has 2 aromatic heterocycles. The number of aliphatic hydroxyl groups is 1. The Hall–Kier alpha value is -1.62. The Kier molecular flexibility index (Phi) is 3.58. The van der Waals surface area contributed by atoms with Gasteiger partial charge in [0.05, 0.1) is 6.10 Å². The van der Waals surface area contributed by atoms with E-state index >= 15 is 0 Å². The number of hydrogen-bond acceptors (Lipinski definition) is 4. The SMILES string of the molecule is CC(O)CCCCn1c(=O)oc2cccnc21. The fourth-order valence-corrected chi connectivity index (χ4v) is 1.81. The number of aliphatic hydroxyl groups excluding tert-OH is 1. The molecule has 1 N–H and O–H groups in total. The molecule has 17 heavy (non-hydrogen) atoms. The highest BCUT2D eigenvalue weighted by atomic mass is 16.4. The van der Waals surface area contributed by atoms with Crippen LogP contribution in [0.4, 0.5) is 0 Å². The predicted octanol–water partition coefficient (Wildman–Crippen LogP) is 1.54. The van der Waals surface area contributed by atoms with Crippen LogP contribution in [0.1, 0.15) is 26.2 Å². The molecule has 0 aliphatic rings. The molecule has 0 fully saturated rings. The second kappa shape index (κ2) is 5.14. The number of unbranched alkanes of at least 4 members (excludes halogenated alkanes) is 1. The summed E-state index contributed by atoms with van der Waals surface area (Å²) in [6.07, 6.45) is 3.81. The Morgan fingerprint density at radius 3 is 3.12 bits per heavy atom. The van der Waals surface area contributed by atoms with Gasteiger partial charge in [0.1, 0.15) is 0 Å². The van der Waals surface area contributed by atoms with Crippen molar-refractivity contribution in [3.05, 3.63) is 28.9 Å². The van der Waals surface area contributed by atoms with E-state index in [1.807, 2.05) is 0 Å². The lowest BCUT2D eigenvalue weighted by Gasteiger charge is -2.03. The summed E-state index contributed by atoms with van der Waals surface area (Å²) in [4.78, 5) is 15.7. The summed E-state index contributed by atoms with van der Waals surface area (Å²) in [5, 5.41) is 9.14. The van der Waals surface area contributed by atoms with Crippen molar-refractivity contribution in [2.45, 2.75) is 38.8 Å². The fourth-order valence-electron chi connectivity index (χ4n) is 1.81. The van der Waals surface area contributed by atoms with E-state index in [0.29, 0.717) is 17.8 Å². The first kappa shape index (κ1) is 11.9. The van der Waals surface area contributed by atoms with Gasteiger partial charge in [0.15, 0.2) is 11.2 Å². The zero-order valence-corrected chi connectivity index (χ0v) is 9.80. The minimum atomic E-state index is -0.365. The van der Waals surface area contributed by atoms with Crippen LogP contribution in [0.25, 0.3) is 11.2 Å². The van der Waals surface area contributed by atoms with Gasteiger partial charge in [-0.2, -0.15) is 0 Å². The van der Waals surface area contributed by atoms with Gasteiger partial charge in [0.2, 0.25) is 0 Å². The van der Waals surface area contributed by atoms with Crippen LogP contribution in [0, 0.1) is 0 Å². The van der Waals surface area contributed by atoms with Crippen molar-refractivity contribution < 1.29 is 9.52 Å². The highest BCUT2D eigenvalue weighted by Gasteiger charge is 2.09. The van der Waals surface area contributed by atoms with Crippen molar-refractivity contribution >= 4 is 11.2 Å². The second-order valence-corrected chi connectivity index (χ2v) is 4.19. The maximum atomic E-state index is 11.6. The number of rotatable bonds is 5. The molecule has 0 radical (unpaired) electrons. The van der Waals surface area contributed by atoms with E-state index in [1.165, 1.54) is 4.57 Å². The zero-order valence-electron chi connectivity index (χ0n) is 9.80. The van der Waals surface area contributed by atoms with E-state index in [-0.39, 0.29) is 11.9 Å². The van der Waals surface area contributed by atoms with Gasteiger partial charge in [-0.15, -0.1) is 0 Å². The summed E-state index contributed by atoms with van der Waals surface area (Å²) in [6, 6.07) is 3.47. The second-order valence-electron chi connectivity index (χ2n) is 4.19. The van der Waals surface area contributed by atoms with Crippen LogP contribution >= 0.6 is 0 Å². The van der Waals surface area contributed by atoms with E-state index < -0.39 is 0 Å². The molecule has 0 aromatic carbocycles. The summed E-state index contributed by atoms with van der Waals surface area (Å²) >= 11 is 0. The van der Waals surface area contributed by atoms with Gasteiger partial charge >= 0.3 is 5.76 Å². The summed E-state index contributed by atoms with van der Waals surface area (Å²) in [5.41, 5.74) is 1.11. The molecule has 0 saturated carbocycles. The first-order valence-corrected chi connectivity index (χ1v) is 5.81. The van der Waals surface area contributed by atoms with E-state index in [1.54, 1.807) is 25.3 Å². The Morgan fingerprint density at radius 2 is 2.35 bits per heavy atom. The Bertz CT molecular complexity index is 542. The minimum Gasteiger partial charge on any atom is -0.406 e. The molecule has 5 heteroatoms. The van der Waals surface area contributed by atoms with Gasteiger partial charge in [-0.3, -0.25) is 4.57 Å². The van der Waals surface area contributed by atoms with E-state index in [2.05, 4.69) is 4.98 Å². The lowest BCUT2D eigenvalue weighted by Crippen LogP contribution is -2.15. The number of hydrogen-bond donors (Lipinski definition) is 1. The van der Waals surface area contributed by atoms with Crippen molar-refractivity contribution in [2.75, 3.05) is 0 Å². The summed E-state index contributed by atoms with van der Waals surface area (Å²) in [6.45, 7) is 2.34. The molecule has 1 atom stereocenters. The van der Waals surface area contributed by atoms with Gasteiger partial charge < -0.3 is 9.52 Å². The molecule has 0 aliphatic heterocycles. The van der Waals surface area contributed by atoms with Gasteiger partial charge in [-0.05, 0) is 38.3 Å². The third-order valence-corrected chi connectivity index (χ3v) is 2.68. The van der Waals surface area contributed by atoms with Gasteiger partial charge in [-0.25, -0.2) is 9.78 Å². The first-order valence-electron chi connectivity index (χ1n) is 5.81. The predicted molar refractivity (Wildman–Crippen MR) is 63.8 cm³/mol. The fraction of sp³-hybridized carbons (Fsp3) is 0.500. The van der Waals surface area contributed by atoms with Gasteiger partial charge in [0.25, 0.3) is 0 Å². The molecule has 0 bridgehead atoms. The van der Waals surface area contributed by atoms with Crippen LogP contribution in [0.2, 0.25) is 0 Å². The summed E-state index contributed by atoms with van der Waals surface area (Å²) in [7, 11) is 0. The smallest absolute Gasteiger partial charge is 0.406 e. The van der Waals surface area contributed by atoms with Gasteiger partial charge in [-0.1, -0.05) is 0 Å². The Balaban J connectivity index is 2.08. The Morgan fingerprint density at radius 1 is 1.53 bits per heavy atom. The minimum absolute atomic E-state index is 0.286. The molecule has 0 spiro atoms. The molecule has 92 valence electrons. The third kappa shape index (κ3) is 2.74. The number of aromatic nitrogens is 2. The number of pyridine rings is 1. The Labute approximate surface area is 98.7 Å². The standard InChI is InChI=1S/C12H16N2O3/c1-9(15)5-2-3-8-14-11-10(17-12(14)16)6-4-7-13-11/h4,6-7,9,15H,2-3,5,8H2,1H3. The molecule has 2 rings (SSSR count). The molecule has 0 amide bonds. The average molecular weight is 236 g/mol. The molecular formula is C12H16N2O3. The van der Waals surface area contributed by atoms with Crippen LogP contribution in [-0.4, -0.2) is 20.8 Å². The normalized spacial score (nSPS) is 13.1. The molecule has 0 saturated heterocycles. The number of aryl methyl sites for hydroxylation is 1. The number of nitrogens with zero attached hydrogens (tertiary/aromatic N) is 2. The van der Waals surface area contributed by atoms with Crippen molar-refractivity contribution in [1.82, 2.24) is 9.55 Å². The number of fused-ring (bicyclic) bond motifs is 1. The van der Waals surface area contributed by atoms with Crippen LogP contribution in [0.5, 0.6) is 0 Å². The van der Waals surface area contributed by atoms with Crippen LogP contribution in [0.3, 0.4) is 0 Å². The van der Waals surface area contributed by atoms with Gasteiger partial charge in [0, 0.05) is 12.7 Å². The van der Waals surface area contributed by atoms with Crippen molar-refractivity contribution in [3.63, 3.8) is 0 Å². The molecular weight excluding hydrogens is 220 g/mol. The maximum Gasteiger partial charge on any atom is 0.421 e. The molecule has 2 heterocycles. The average Bonchev–Trinajstić information content (AvgIpc) is 2.60. The largest absolute Gasteiger partial charge is 0.421 e. The quantitative estimate of drug-likeness (QED) is 0.799. The van der Waals surface area contributed by atoms with Crippen LogP contribution in [-0.2, 0) is 6.54 Å². The summed E-state index contributed by atoms with van der Waals surface area (Å²) in [5.74, 6) is -0.365. The highest BCUT2D eigenvalue weighted by molar-refractivity contribution is 5.67. The lowest BCUT2D eigenvalue weighted by molar-refractivity contribution is 0.180. The molecule has 1 unspecified atom stereocenters. The monoisotopic (exact) mass is 236 g/mol. The van der Waals surface area contributed by atoms with Crippen LogP contribution in [0.15, 0.2) is 27.5 Å². The van der Waals surface area contributed by atoms with E-state index in [0.717, 1.165) is 19.3 Å². The van der Waals surface area contributed by atoms with E-state index in [9.17, 15) is 4.79 Å². The van der Waals surface area contributed by atoms with Crippen molar-refractivity contribution in [2.24, 2.45) is 0 Å². The lowest BCUT2D eigenvalue weighted by atomic mass is 10.2.